The number of hydrogen-bond acceptors (Lipinski definition) is 3. The molecule has 0 aromatic heterocycles. The zero-order chi connectivity index (χ0) is 9.80. The Hall–Kier alpha value is -0.120. The Morgan fingerprint density at radius 3 is 2.86 bits per heavy atom. The largest absolute Gasteiger partial charge is 0.396 e. The Morgan fingerprint density at radius 1 is 1.29 bits per heavy atom. The standard InChI is InChI=1S/C11H21NO2/c13-7-2-8-14-9-11-3-1-6-12(11)10-4-5-10/h10-11,13H,1-9H2. The number of likely N-dealkylation sites (tertiary alicyclic amines) is 1. The molecule has 2 rings (SSSR count). The molecule has 1 unspecified atom stereocenters. The molecule has 0 aromatic rings. The molecule has 1 aliphatic heterocycles. The number of hydrogen-bond donors (Lipinski definition) is 1. The molecule has 1 heterocycles. The molecule has 1 aliphatic carbocycles. The van der Waals surface area contributed by atoms with Crippen LogP contribution in [0.3, 0.4) is 0 Å². The van der Waals surface area contributed by atoms with Crippen molar-refractivity contribution in [3.8, 4) is 0 Å². The highest BCUT2D eigenvalue weighted by Crippen LogP contribution is 2.33. The summed E-state index contributed by atoms with van der Waals surface area (Å²) in [7, 11) is 0. The fourth-order valence-corrected chi connectivity index (χ4v) is 2.31. The first-order valence-electron chi connectivity index (χ1n) is 5.86. The molecule has 1 saturated carbocycles. The van der Waals surface area contributed by atoms with E-state index in [1.54, 1.807) is 0 Å². The molecule has 0 bridgehead atoms. The average Bonchev–Trinajstić information content (AvgIpc) is 2.94. The van der Waals surface area contributed by atoms with Gasteiger partial charge in [-0.2, -0.15) is 0 Å². The van der Waals surface area contributed by atoms with Gasteiger partial charge in [-0.1, -0.05) is 0 Å². The van der Waals surface area contributed by atoms with Crippen molar-refractivity contribution in [1.82, 2.24) is 4.90 Å². The summed E-state index contributed by atoms with van der Waals surface area (Å²) in [5.74, 6) is 0. The van der Waals surface area contributed by atoms with Crippen LogP contribution in [0.2, 0.25) is 0 Å². The molecular weight excluding hydrogens is 178 g/mol. The lowest BCUT2D eigenvalue weighted by atomic mass is 10.2. The van der Waals surface area contributed by atoms with Crippen LogP contribution in [-0.2, 0) is 4.74 Å². The third-order valence-corrected chi connectivity index (χ3v) is 3.20. The van der Waals surface area contributed by atoms with Gasteiger partial charge in [0, 0.05) is 25.3 Å². The van der Waals surface area contributed by atoms with Crippen LogP contribution < -0.4 is 0 Å². The molecule has 0 radical (unpaired) electrons. The van der Waals surface area contributed by atoms with E-state index >= 15 is 0 Å². The fourth-order valence-electron chi connectivity index (χ4n) is 2.31. The van der Waals surface area contributed by atoms with Crippen molar-refractivity contribution in [2.75, 3.05) is 26.4 Å². The van der Waals surface area contributed by atoms with Crippen LogP contribution in [0.5, 0.6) is 0 Å². The number of nitrogens with zero attached hydrogens (tertiary/aromatic N) is 1. The van der Waals surface area contributed by atoms with Gasteiger partial charge in [-0.15, -0.1) is 0 Å². The lowest BCUT2D eigenvalue weighted by molar-refractivity contribution is 0.0655. The lowest BCUT2D eigenvalue weighted by Gasteiger charge is -2.23. The van der Waals surface area contributed by atoms with Crippen LogP contribution in [0, 0.1) is 0 Å². The van der Waals surface area contributed by atoms with Gasteiger partial charge in [0.1, 0.15) is 0 Å². The van der Waals surface area contributed by atoms with Gasteiger partial charge < -0.3 is 9.84 Å². The summed E-state index contributed by atoms with van der Waals surface area (Å²) in [4.78, 5) is 2.62. The maximum absolute atomic E-state index is 8.62. The second kappa shape index (κ2) is 5.10. The van der Waals surface area contributed by atoms with Crippen LogP contribution in [0.25, 0.3) is 0 Å². The zero-order valence-electron chi connectivity index (χ0n) is 8.82. The highest BCUT2D eigenvalue weighted by Gasteiger charge is 2.36. The Labute approximate surface area is 86.0 Å². The fraction of sp³-hybridized carbons (Fsp3) is 1.00. The van der Waals surface area contributed by atoms with Gasteiger partial charge in [0.05, 0.1) is 6.61 Å². The van der Waals surface area contributed by atoms with Crippen LogP contribution in [0.15, 0.2) is 0 Å². The molecule has 2 aliphatic rings. The first-order valence-corrected chi connectivity index (χ1v) is 5.86. The van der Waals surface area contributed by atoms with Gasteiger partial charge in [0.15, 0.2) is 0 Å². The first-order chi connectivity index (χ1) is 6.92. The van der Waals surface area contributed by atoms with Gasteiger partial charge in [-0.3, -0.25) is 4.90 Å². The van der Waals surface area contributed by atoms with E-state index in [1.165, 1.54) is 32.2 Å². The third-order valence-electron chi connectivity index (χ3n) is 3.20. The smallest absolute Gasteiger partial charge is 0.0621 e. The van der Waals surface area contributed by atoms with E-state index in [1.807, 2.05) is 0 Å². The van der Waals surface area contributed by atoms with Crippen molar-refractivity contribution < 1.29 is 9.84 Å². The second-order valence-corrected chi connectivity index (χ2v) is 4.42. The number of rotatable bonds is 6. The van der Waals surface area contributed by atoms with Gasteiger partial charge >= 0.3 is 0 Å². The summed E-state index contributed by atoms with van der Waals surface area (Å²) in [5.41, 5.74) is 0. The molecule has 1 N–H and O–H groups in total. The molecule has 3 nitrogen and oxygen atoms in total. The molecule has 1 saturated heterocycles. The van der Waals surface area contributed by atoms with Crippen molar-refractivity contribution in [3.63, 3.8) is 0 Å². The molecule has 82 valence electrons. The van der Waals surface area contributed by atoms with Crippen LogP contribution in [-0.4, -0.2) is 48.5 Å². The third kappa shape index (κ3) is 2.69. The van der Waals surface area contributed by atoms with Gasteiger partial charge in [-0.25, -0.2) is 0 Å². The Morgan fingerprint density at radius 2 is 2.14 bits per heavy atom. The molecule has 0 spiro atoms. The average molecular weight is 199 g/mol. The van der Waals surface area contributed by atoms with E-state index < -0.39 is 0 Å². The van der Waals surface area contributed by atoms with Gasteiger partial charge in [0.2, 0.25) is 0 Å². The summed E-state index contributed by atoms with van der Waals surface area (Å²) >= 11 is 0. The Kier molecular flexibility index (Phi) is 3.79. The predicted molar refractivity (Wildman–Crippen MR) is 55.3 cm³/mol. The number of aliphatic hydroxyl groups excluding tert-OH is 1. The SMILES string of the molecule is OCCCOCC1CCCN1C1CC1. The lowest BCUT2D eigenvalue weighted by Crippen LogP contribution is -2.35. The van der Waals surface area contributed by atoms with Gasteiger partial charge in [-0.05, 0) is 38.6 Å². The second-order valence-electron chi connectivity index (χ2n) is 4.42. The molecule has 14 heavy (non-hydrogen) atoms. The molecule has 0 amide bonds. The van der Waals surface area contributed by atoms with E-state index in [0.717, 1.165) is 19.1 Å². The highest BCUT2D eigenvalue weighted by molar-refractivity contribution is 4.92. The van der Waals surface area contributed by atoms with Crippen LogP contribution in [0.1, 0.15) is 32.1 Å². The summed E-state index contributed by atoms with van der Waals surface area (Å²) in [5, 5.41) is 8.62. The summed E-state index contributed by atoms with van der Waals surface area (Å²) < 4.78 is 5.56. The quantitative estimate of drug-likeness (QED) is 0.648. The van der Waals surface area contributed by atoms with Gasteiger partial charge in [0.25, 0.3) is 0 Å². The normalized spacial score (nSPS) is 28.5. The Balaban J connectivity index is 1.63. The molecular formula is C11H21NO2. The topological polar surface area (TPSA) is 32.7 Å². The van der Waals surface area contributed by atoms with Crippen molar-refractivity contribution in [1.29, 1.82) is 0 Å². The van der Waals surface area contributed by atoms with E-state index in [2.05, 4.69) is 4.90 Å². The molecule has 1 atom stereocenters. The van der Waals surface area contributed by atoms with Crippen LogP contribution >= 0.6 is 0 Å². The number of aliphatic hydroxyl groups is 1. The van der Waals surface area contributed by atoms with E-state index in [0.29, 0.717) is 12.6 Å². The molecule has 2 fully saturated rings. The minimum Gasteiger partial charge on any atom is -0.396 e. The minimum absolute atomic E-state index is 0.247. The first kappa shape index (κ1) is 10.4. The Bertz CT molecular complexity index is 171. The van der Waals surface area contributed by atoms with Crippen molar-refractivity contribution in [2.45, 2.75) is 44.2 Å². The maximum Gasteiger partial charge on any atom is 0.0621 e. The monoisotopic (exact) mass is 199 g/mol. The maximum atomic E-state index is 8.62. The number of ether oxygens (including phenoxy) is 1. The zero-order valence-corrected chi connectivity index (χ0v) is 8.82. The van der Waals surface area contributed by atoms with Crippen LogP contribution in [0.4, 0.5) is 0 Å². The molecule has 0 aromatic carbocycles. The highest BCUT2D eigenvalue weighted by atomic mass is 16.5. The van der Waals surface area contributed by atoms with Crippen molar-refractivity contribution >= 4 is 0 Å². The predicted octanol–water partition coefficient (Wildman–Crippen LogP) is 1.01. The summed E-state index contributed by atoms with van der Waals surface area (Å²) in [6.45, 7) is 3.11. The minimum atomic E-state index is 0.247. The van der Waals surface area contributed by atoms with Crippen molar-refractivity contribution in [2.24, 2.45) is 0 Å². The van der Waals surface area contributed by atoms with E-state index in [-0.39, 0.29) is 6.61 Å². The molecule has 3 heteroatoms. The van der Waals surface area contributed by atoms with Crippen molar-refractivity contribution in [3.05, 3.63) is 0 Å². The summed E-state index contributed by atoms with van der Waals surface area (Å²) in [6.07, 6.45) is 6.20. The van der Waals surface area contributed by atoms with E-state index in [9.17, 15) is 0 Å². The summed E-state index contributed by atoms with van der Waals surface area (Å²) in [6, 6.07) is 1.55. The van der Waals surface area contributed by atoms with E-state index in [4.69, 9.17) is 9.84 Å².